The average molecular weight is 419 g/mol. The molecular weight excluding hydrogens is 392 g/mol. The van der Waals surface area contributed by atoms with Gasteiger partial charge in [-0.15, -0.1) is 10.2 Å². The van der Waals surface area contributed by atoms with Crippen LogP contribution in [-0.2, 0) is 16.1 Å². The molecule has 1 aliphatic rings. The zero-order valence-electron chi connectivity index (χ0n) is 16.6. The monoisotopic (exact) mass is 418 g/mol. The van der Waals surface area contributed by atoms with E-state index in [1.165, 1.54) is 11.8 Å². The van der Waals surface area contributed by atoms with Gasteiger partial charge < -0.3 is 15.4 Å². The van der Waals surface area contributed by atoms with Gasteiger partial charge in [-0.25, -0.2) is 4.79 Å². The summed E-state index contributed by atoms with van der Waals surface area (Å²) in [5, 5.41) is 11.0. The van der Waals surface area contributed by atoms with Crippen molar-refractivity contribution in [2.75, 3.05) is 31.2 Å². The van der Waals surface area contributed by atoms with Gasteiger partial charge in [-0.1, -0.05) is 55.9 Å². The van der Waals surface area contributed by atoms with Gasteiger partial charge in [-0.05, 0) is 11.5 Å². The molecule has 29 heavy (non-hydrogen) atoms. The van der Waals surface area contributed by atoms with Crippen LogP contribution < -0.4 is 16.0 Å². The molecule has 0 bridgehead atoms. The maximum Gasteiger partial charge on any atom is 0.318 e. The number of morpholine rings is 1. The molecule has 10 heteroatoms. The number of hydrogen-bond acceptors (Lipinski definition) is 7. The molecule has 1 saturated heterocycles. The topological polar surface area (TPSA) is 115 Å². The Morgan fingerprint density at radius 3 is 2.52 bits per heavy atom. The number of imide groups is 1. The molecule has 156 valence electrons. The second-order valence-corrected chi connectivity index (χ2v) is 8.20. The molecule has 0 spiro atoms. The van der Waals surface area contributed by atoms with Crippen LogP contribution >= 0.6 is 11.8 Å². The predicted molar refractivity (Wildman–Crippen MR) is 111 cm³/mol. The number of anilines is 1. The molecule has 2 heterocycles. The number of amides is 3. The Bertz CT molecular complexity index is 836. The third-order valence-electron chi connectivity index (χ3n) is 4.52. The maximum absolute atomic E-state index is 12.5. The number of carbonyl (C=O) groups is 2. The van der Waals surface area contributed by atoms with Crippen molar-refractivity contribution < 1.29 is 14.3 Å². The van der Waals surface area contributed by atoms with Crippen molar-refractivity contribution in [3.8, 4) is 0 Å². The maximum atomic E-state index is 12.5. The summed E-state index contributed by atoms with van der Waals surface area (Å²) in [7, 11) is 0. The van der Waals surface area contributed by atoms with Crippen LogP contribution in [0.4, 0.5) is 10.7 Å². The van der Waals surface area contributed by atoms with Crippen LogP contribution in [0.1, 0.15) is 19.4 Å². The van der Waals surface area contributed by atoms with Crippen LogP contribution in [0.3, 0.4) is 0 Å². The van der Waals surface area contributed by atoms with E-state index in [0.29, 0.717) is 24.9 Å². The lowest BCUT2D eigenvalue weighted by atomic mass is 10.1. The zero-order valence-corrected chi connectivity index (χ0v) is 17.4. The first-order chi connectivity index (χ1) is 14.0. The summed E-state index contributed by atoms with van der Waals surface area (Å²) in [4.78, 5) is 25.7. The quantitative estimate of drug-likeness (QED) is 0.654. The van der Waals surface area contributed by atoms with Crippen molar-refractivity contribution in [1.29, 1.82) is 0 Å². The molecule has 9 nitrogen and oxygen atoms in total. The molecule has 0 saturated carbocycles. The molecule has 0 unspecified atom stereocenters. The number of hydrogen-bond donors (Lipinski definition) is 2. The second kappa shape index (κ2) is 9.75. The van der Waals surface area contributed by atoms with Gasteiger partial charge in [0, 0.05) is 13.1 Å². The molecule has 3 N–H and O–H groups in total. The van der Waals surface area contributed by atoms with Gasteiger partial charge in [0.2, 0.25) is 11.9 Å². The number of carbonyl (C=O) groups excluding carboxylic acids is 2. The van der Waals surface area contributed by atoms with E-state index in [-0.39, 0.29) is 5.92 Å². The van der Waals surface area contributed by atoms with E-state index in [0.717, 1.165) is 24.6 Å². The highest BCUT2D eigenvalue weighted by Crippen LogP contribution is 2.30. The number of aromatic nitrogens is 3. The number of nitrogens with two attached hydrogens (primary N) is 1. The molecule has 0 radical (unpaired) electrons. The molecule has 0 aliphatic carbocycles. The van der Waals surface area contributed by atoms with Gasteiger partial charge in [0.05, 0.1) is 25.0 Å². The highest BCUT2D eigenvalue weighted by atomic mass is 32.2. The Hall–Kier alpha value is -2.59. The van der Waals surface area contributed by atoms with Crippen molar-refractivity contribution >= 4 is 29.6 Å². The van der Waals surface area contributed by atoms with Crippen LogP contribution in [0.15, 0.2) is 35.5 Å². The summed E-state index contributed by atoms with van der Waals surface area (Å²) < 4.78 is 7.46. The molecule has 1 aromatic heterocycles. The highest BCUT2D eigenvalue weighted by Gasteiger charge is 2.29. The largest absolute Gasteiger partial charge is 0.378 e. The Balaban J connectivity index is 1.91. The smallest absolute Gasteiger partial charge is 0.318 e. The van der Waals surface area contributed by atoms with Crippen molar-refractivity contribution in [2.24, 2.45) is 11.7 Å². The number of urea groups is 1. The van der Waals surface area contributed by atoms with Crippen LogP contribution in [0.2, 0.25) is 0 Å². The lowest BCUT2D eigenvalue weighted by Gasteiger charge is -2.28. The van der Waals surface area contributed by atoms with E-state index >= 15 is 0 Å². The number of thioether (sulfide) groups is 1. The molecule has 1 fully saturated rings. The van der Waals surface area contributed by atoms with Crippen LogP contribution in [0.5, 0.6) is 0 Å². The Kier molecular flexibility index (Phi) is 7.10. The van der Waals surface area contributed by atoms with E-state index in [9.17, 15) is 9.59 Å². The SMILES string of the molecule is CC(C)[C@@H](Sc1nnc(N2CCOCC2)n1Cc1ccccc1)C(=O)NC(N)=O. The number of ether oxygens (including phenoxy) is 1. The number of rotatable bonds is 7. The standard InChI is InChI=1S/C19H26N6O3S/c1-13(2)15(16(26)21-17(20)27)29-19-23-22-18(24-8-10-28-11-9-24)25(19)12-14-6-4-3-5-7-14/h3-7,13,15H,8-12H2,1-2H3,(H3,20,21,26,27)/t15-/m1/s1. The molecule has 1 atom stereocenters. The number of nitrogens with one attached hydrogen (secondary N) is 1. The summed E-state index contributed by atoms with van der Waals surface area (Å²) >= 11 is 1.29. The Morgan fingerprint density at radius 2 is 1.90 bits per heavy atom. The third-order valence-corrected chi connectivity index (χ3v) is 6.04. The first-order valence-corrected chi connectivity index (χ1v) is 10.4. The number of benzene rings is 1. The molecular formula is C19H26N6O3S. The molecule has 2 aromatic rings. The fourth-order valence-corrected chi connectivity index (χ4v) is 4.09. The fraction of sp³-hybridized carbons (Fsp3) is 0.474. The third kappa shape index (κ3) is 5.48. The van der Waals surface area contributed by atoms with Crippen LogP contribution in [0, 0.1) is 5.92 Å². The number of nitrogens with zero attached hydrogens (tertiary/aromatic N) is 4. The van der Waals surface area contributed by atoms with Gasteiger partial charge in [-0.3, -0.25) is 14.7 Å². The normalized spacial score (nSPS) is 15.3. The molecule has 1 aliphatic heterocycles. The van der Waals surface area contributed by atoms with Gasteiger partial charge in [0.1, 0.15) is 0 Å². The summed E-state index contributed by atoms with van der Waals surface area (Å²) in [5.74, 6) is 0.283. The Morgan fingerprint density at radius 1 is 1.21 bits per heavy atom. The van der Waals surface area contributed by atoms with Gasteiger partial charge >= 0.3 is 6.03 Å². The fourth-order valence-electron chi connectivity index (χ4n) is 3.07. The van der Waals surface area contributed by atoms with Crippen molar-refractivity contribution in [1.82, 2.24) is 20.1 Å². The minimum absolute atomic E-state index is 0.0342. The first kappa shape index (κ1) is 21.1. The highest BCUT2D eigenvalue weighted by molar-refractivity contribution is 8.00. The lowest BCUT2D eigenvalue weighted by Crippen LogP contribution is -2.42. The first-order valence-electron chi connectivity index (χ1n) is 9.52. The van der Waals surface area contributed by atoms with E-state index in [2.05, 4.69) is 20.4 Å². The lowest BCUT2D eigenvalue weighted by molar-refractivity contribution is -0.120. The summed E-state index contributed by atoms with van der Waals surface area (Å²) in [6, 6.07) is 9.16. The Labute approximate surface area is 174 Å². The van der Waals surface area contributed by atoms with Crippen LogP contribution in [-0.4, -0.2) is 58.3 Å². The summed E-state index contributed by atoms with van der Waals surface area (Å²) in [5.41, 5.74) is 6.23. The summed E-state index contributed by atoms with van der Waals surface area (Å²) in [6.45, 7) is 7.14. The zero-order chi connectivity index (χ0) is 20.8. The molecule has 1 aromatic carbocycles. The number of primary amides is 1. The predicted octanol–water partition coefficient (Wildman–Crippen LogP) is 1.47. The van der Waals surface area contributed by atoms with Crippen molar-refractivity contribution in [3.63, 3.8) is 0 Å². The van der Waals surface area contributed by atoms with E-state index < -0.39 is 17.2 Å². The molecule has 3 amide bonds. The van der Waals surface area contributed by atoms with Crippen molar-refractivity contribution in [2.45, 2.75) is 30.8 Å². The van der Waals surface area contributed by atoms with E-state index in [4.69, 9.17) is 10.5 Å². The van der Waals surface area contributed by atoms with E-state index in [1.807, 2.05) is 48.7 Å². The minimum Gasteiger partial charge on any atom is -0.378 e. The molecule has 3 rings (SSSR count). The van der Waals surface area contributed by atoms with E-state index in [1.54, 1.807) is 0 Å². The van der Waals surface area contributed by atoms with Gasteiger partial charge in [0.25, 0.3) is 0 Å². The average Bonchev–Trinajstić information content (AvgIpc) is 3.09. The van der Waals surface area contributed by atoms with Crippen LogP contribution in [0.25, 0.3) is 0 Å². The minimum atomic E-state index is -0.860. The second-order valence-electron chi connectivity index (χ2n) is 7.09. The van der Waals surface area contributed by atoms with Gasteiger partial charge in [-0.2, -0.15) is 0 Å². The van der Waals surface area contributed by atoms with Crippen molar-refractivity contribution in [3.05, 3.63) is 35.9 Å². The van der Waals surface area contributed by atoms with Gasteiger partial charge in [0.15, 0.2) is 5.16 Å². The summed E-state index contributed by atoms with van der Waals surface area (Å²) in [6.07, 6.45) is 0.